The number of sulfonamides is 1. The lowest BCUT2D eigenvalue weighted by Crippen LogP contribution is -2.38. The topological polar surface area (TPSA) is 88.5 Å². The van der Waals surface area contributed by atoms with Gasteiger partial charge in [0, 0.05) is 16.7 Å². The summed E-state index contributed by atoms with van der Waals surface area (Å²) in [6.45, 7) is 0. The van der Waals surface area contributed by atoms with Crippen LogP contribution < -0.4 is 9.46 Å². The SMILES string of the molecule is COc1ncc(Br)cc1S(=O)(=O)N[C@H]1CC[C@@H](O)CC1. The first-order chi connectivity index (χ1) is 9.42. The maximum Gasteiger partial charge on any atom is 0.246 e. The molecule has 2 N–H and O–H groups in total. The number of hydrogen-bond donors (Lipinski definition) is 2. The molecule has 0 aromatic carbocycles. The van der Waals surface area contributed by atoms with E-state index < -0.39 is 10.0 Å². The highest BCUT2D eigenvalue weighted by Crippen LogP contribution is 2.26. The van der Waals surface area contributed by atoms with Gasteiger partial charge in [-0.1, -0.05) is 0 Å². The summed E-state index contributed by atoms with van der Waals surface area (Å²) in [4.78, 5) is 3.95. The predicted molar refractivity (Wildman–Crippen MR) is 77.1 cm³/mol. The van der Waals surface area contributed by atoms with Crippen molar-refractivity contribution in [3.63, 3.8) is 0 Å². The first-order valence-corrected chi connectivity index (χ1v) is 8.60. The third-order valence-corrected chi connectivity index (χ3v) is 5.24. The van der Waals surface area contributed by atoms with Gasteiger partial charge >= 0.3 is 0 Å². The molecule has 0 amide bonds. The van der Waals surface area contributed by atoms with Crippen molar-refractivity contribution in [1.29, 1.82) is 0 Å². The summed E-state index contributed by atoms with van der Waals surface area (Å²) >= 11 is 3.21. The van der Waals surface area contributed by atoms with Crippen molar-refractivity contribution in [2.24, 2.45) is 0 Å². The van der Waals surface area contributed by atoms with Crippen LogP contribution in [0.4, 0.5) is 0 Å². The fraction of sp³-hybridized carbons (Fsp3) is 0.583. The lowest BCUT2D eigenvalue weighted by molar-refractivity contribution is 0.120. The number of methoxy groups -OCH3 is 1. The van der Waals surface area contributed by atoms with Crippen LogP contribution in [0.2, 0.25) is 0 Å². The molecule has 1 fully saturated rings. The molecule has 8 heteroatoms. The van der Waals surface area contributed by atoms with Crippen molar-refractivity contribution in [2.75, 3.05) is 7.11 Å². The Labute approximate surface area is 126 Å². The fourth-order valence-electron chi connectivity index (χ4n) is 2.23. The Balaban J connectivity index is 2.20. The van der Waals surface area contributed by atoms with Gasteiger partial charge in [0.2, 0.25) is 15.9 Å². The number of hydrogen-bond acceptors (Lipinski definition) is 5. The number of halogens is 1. The second kappa shape index (κ2) is 6.38. The first kappa shape index (κ1) is 15.7. The molecule has 0 atom stereocenters. The molecule has 112 valence electrons. The van der Waals surface area contributed by atoms with Crippen molar-refractivity contribution in [3.8, 4) is 5.88 Å². The van der Waals surface area contributed by atoms with E-state index in [1.54, 1.807) is 0 Å². The van der Waals surface area contributed by atoms with Gasteiger partial charge in [-0.05, 0) is 47.7 Å². The van der Waals surface area contributed by atoms with Crippen molar-refractivity contribution < 1.29 is 18.3 Å². The van der Waals surface area contributed by atoms with Gasteiger partial charge in [-0.25, -0.2) is 18.1 Å². The van der Waals surface area contributed by atoms with E-state index in [1.165, 1.54) is 19.4 Å². The molecule has 0 unspecified atom stereocenters. The molecule has 0 spiro atoms. The van der Waals surface area contributed by atoms with Crippen LogP contribution in [0.3, 0.4) is 0 Å². The second-order valence-electron chi connectivity index (χ2n) is 4.79. The smallest absolute Gasteiger partial charge is 0.246 e. The lowest BCUT2D eigenvalue weighted by atomic mass is 9.94. The first-order valence-electron chi connectivity index (χ1n) is 6.32. The normalized spacial score (nSPS) is 23.6. The van der Waals surface area contributed by atoms with Crippen LogP contribution in [0.15, 0.2) is 21.6 Å². The maximum atomic E-state index is 12.4. The molecule has 1 aliphatic rings. The number of ether oxygens (including phenoxy) is 1. The van der Waals surface area contributed by atoms with Crippen LogP contribution in [-0.4, -0.2) is 37.8 Å². The minimum atomic E-state index is -3.69. The van der Waals surface area contributed by atoms with Gasteiger partial charge in [-0.2, -0.15) is 0 Å². The lowest BCUT2D eigenvalue weighted by Gasteiger charge is -2.26. The maximum absolute atomic E-state index is 12.4. The molecule has 1 aromatic rings. The second-order valence-corrected chi connectivity index (χ2v) is 7.39. The van der Waals surface area contributed by atoms with E-state index in [9.17, 15) is 13.5 Å². The summed E-state index contributed by atoms with van der Waals surface area (Å²) in [5, 5.41) is 9.45. The summed E-state index contributed by atoms with van der Waals surface area (Å²) in [5.74, 6) is 0.0662. The zero-order chi connectivity index (χ0) is 14.8. The van der Waals surface area contributed by atoms with E-state index in [-0.39, 0.29) is 22.9 Å². The van der Waals surface area contributed by atoms with Crippen LogP contribution in [0.5, 0.6) is 5.88 Å². The zero-order valence-corrected chi connectivity index (χ0v) is 13.4. The molecule has 6 nitrogen and oxygen atoms in total. The molecule has 1 aromatic heterocycles. The van der Waals surface area contributed by atoms with Gasteiger partial charge in [0.15, 0.2) is 0 Å². The molecular weight excluding hydrogens is 348 g/mol. The highest BCUT2D eigenvalue weighted by molar-refractivity contribution is 9.10. The average Bonchev–Trinajstić information content (AvgIpc) is 2.41. The Kier molecular flexibility index (Phi) is 5.00. The monoisotopic (exact) mass is 364 g/mol. The van der Waals surface area contributed by atoms with E-state index in [0.717, 1.165) is 0 Å². The van der Waals surface area contributed by atoms with Crippen LogP contribution in [0, 0.1) is 0 Å². The molecule has 0 saturated heterocycles. The highest BCUT2D eigenvalue weighted by Gasteiger charge is 2.27. The Morgan fingerprint density at radius 3 is 2.65 bits per heavy atom. The van der Waals surface area contributed by atoms with E-state index in [4.69, 9.17) is 4.74 Å². The minimum Gasteiger partial charge on any atom is -0.480 e. The summed E-state index contributed by atoms with van der Waals surface area (Å²) in [5.41, 5.74) is 0. The number of aromatic nitrogens is 1. The summed E-state index contributed by atoms with van der Waals surface area (Å²) in [6, 6.07) is 1.30. The fourth-order valence-corrected chi connectivity index (χ4v) is 4.16. The van der Waals surface area contributed by atoms with Crippen LogP contribution >= 0.6 is 15.9 Å². The van der Waals surface area contributed by atoms with Gasteiger partial charge in [0.1, 0.15) is 4.90 Å². The number of aliphatic hydroxyl groups excluding tert-OH is 1. The van der Waals surface area contributed by atoms with Crippen molar-refractivity contribution >= 4 is 26.0 Å². The minimum absolute atomic E-state index is 0.0143. The van der Waals surface area contributed by atoms with Gasteiger partial charge in [-0.3, -0.25) is 0 Å². The number of nitrogens with one attached hydrogen (secondary N) is 1. The van der Waals surface area contributed by atoms with Crippen LogP contribution in [-0.2, 0) is 10.0 Å². The van der Waals surface area contributed by atoms with Crippen molar-refractivity contribution in [2.45, 2.75) is 42.7 Å². The van der Waals surface area contributed by atoms with E-state index in [1.807, 2.05) is 0 Å². The van der Waals surface area contributed by atoms with Gasteiger partial charge < -0.3 is 9.84 Å². The summed E-state index contributed by atoms with van der Waals surface area (Å²) in [6.07, 6.45) is 3.64. The third-order valence-electron chi connectivity index (χ3n) is 3.29. The molecule has 0 radical (unpaired) electrons. The number of rotatable bonds is 4. The standard InChI is InChI=1S/C12H17BrN2O4S/c1-19-12-11(6-8(13)7-14-12)20(17,18)15-9-2-4-10(16)5-3-9/h6-7,9-10,15-16H,2-5H2,1H3/t9-,10+. The van der Waals surface area contributed by atoms with Gasteiger partial charge in [0.25, 0.3) is 0 Å². The Morgan fingerprint density at radius 1 is 1.40 bits per heavy atom. The molecular formula is C12H17BrN2O4S. The van der Waals surface area contributed by atoms with Gasteiger partial charge in [0.05, 0.1) is 13.2 Å². The zero-order valence-electron chi connectivity index (χ0n) is 11.0. The Morgan fingerprint density at radius 2 is 2.05 bits per heavy atom. The third kappa shape index (κ3) is 3.69. The molecule has 1 heterocycles. The molecule has 1 aliphatic carbocycles. The van der Waals surface area contributed by atoms with E-state index in [2.05, 4.69) is 25.6 Å². The number of aliphatic hydroxyl groups is 1. The molecule has 1 saturated carbocycles. The predicted octanol–water partition coefficient (Wildman–Crippen LogP) is 1.43. The number of pyridine rings is 1. The molecule has 0 aliphatic heterocycles. The van der Waals surface area contributed by atoms with Crippen molar-refractivity contribution in [1.82, 2.24) is 9.71 Å². The van der Waals surface area contributed by atoms with Gasteiger partial charge in [-0.15, -0.1) is 0 Å². The molecule has 0 bridgehead atoms. The summed E-state index contributed by atoms with van der Waals surface area (Å²) in [7, 11) is -2.31. The Bertz CT molecular complexity index is 571. The molecule has 20 heavy (non-hydrogen) atoms. The van der Waals surface area contributed by atoms with Crippen LogP contribution in [0.1, 0.15) is 25.7 Å². The van der Waals surface area contributed by atoms with E-state index >= 15 is 0 Å². The number of nitrogens with zero attached hydrogens (tertiary/aromatic N) is 1. The van der Waals surface area contributed by atoms with Crippen molar-refractivity contribution in [3.05, 3.63) is 16.7 Å². The van der Waals surface area contributed by atoms with Crippen LogP contribution in [0.25, 0.3) is 0 Å². The Hall–Kier alpha value is -0.700. The quantitative estimate of drug-likeness (QED) is 0.843. The largest absolute Gasteiger partial charge is 0.480 e. The average molecular weight is 365 g/mol. The summed E-state index contributed by atoms with van der Waals surface area (Å²) < 4.78 is 33.0. The molecule has 2 rings (SSSR count). The highest BCUT2D eigenvalue weighted by atomic mass is 79.9. The van der Waals surface area contributed by atoms with E-state index in [0.29, 0.717) is 30.2 Å².